The van der Waals surface area contributed by atoms with Crippen LogP contribution >= 0.6 is 0 Å². The summed E-state index contributed by atoms with van der Waals surface area (Å²) in [6, 6.07) is 6.71. The highest BCUT2D eigenvalue weighted by molar-refractivity contribution is 5.43. The van der Waals surface area contributed by atoms with Gasteiger partial charge in [0.05, 0.1) is 7.11 Å². The Morgan fingerprint density at radius 1 is 1.28 bits per heavy atom. The maximum atomic E-state index is 5.43. The van der Waals surface area contributed by atoms with E-state index in [9.17, 15) is 0 Å². The number of ether oxygens (including phenoxy) is 1. The van der Waals surface area contributed by atoms with E-state index >= 15 is 0 Å². The van der Waals surface area contributed by atoms with Crippen LogP contribution in [-0.4, -0.2) is 7.11 Å². The zero-order valence-electron chi connectivity index (χ0n) is 11.8. The molecule has 0 aromatic heterocycles. The van der Waals surface area contributed by atoms with Crippen molar-refractivity contribution >= 4 is 0 Å². The molecule has 1 nitrogen and oxygen atoms in total. The summed E-state index contributed by atoms with van der Waals surface area (Å²) in [7, 11) is 1.77. The Kier molecular flexibility index (Phi) is 2.88. The van der Waals surface area contributed by atoms with Gasteiger partial charge in [-0.15, -0.1) is 0 Å². The highest BCUT2D eigenvalue weighted by Gasteiger charge is 2.44. The predicted molar refractivity (Wildman–Crippen MR) is 75.2 cm³/mol. The van der Waals surface area contributed by atoms with Crippen LogP contribution < -0.4 is 4.74 Å². The van der Waals surface area contributed by atoms with Crippen molar-refractivity contribution in [3.8, 4) is 5.75 Å². The van der Waals surface area contributed by atoms with E-state index in [4.69, 9.17) is 4.74 Å². The fraction of sp³-hybridized carbons (Fsp3) is 0.647. The molecule has 2 aliphatic rings. The second-order valence-electron chi connectivity index (χ2n) is 6.46. The van der Waals surface area contributed by atoms with E-state index in [0.717, 1.165) is 17.6 Å². The van der Waals surface area contributed by atoms with Gasteiger partial charge in [0.1, 0.15) is 5.75 Å². The molecule has 0 unspecified atom stereocenters. The maximum absolute atomic E-state index is 5.43. The summed E-state index contributed by atoms with van der Waals surface area (Å²) in [6.07, 6.45) is 6.77. The van der Waals surface area contributed by atoms with Crippen LogP contribution in [-0.2, 0) is 11.8 Å². The second-order valence-corrected chi connectivity index (χ2v) is 6.46. The summed E-state index contributed by atoms with van der Waals surface area (Å²) in [5, 5.41) is 0. The van der Waals surface area contributed by atoms with Crippen molar-refractivity contribution in [1.29, 1.82) is 0 Å². The van der Waals surface area contributed by atoms with Crippen molar-refractivity contribution in [1.82, 2.24) is 0 Å². The summed E-state index contributed by atoms with van der Waals surface area (Å²) >= 11 is 0. The fourth-order valence-corrected chi connectivity index (χ4v) is 4.49. The summed E-state index contributed by atoms with van der Waals surface area (Å²) in [6.45, 7) is 4.94. The lowest BCUT2D eigenvalue weighted by Gasteiger charge is -2.49. The van der Waals surface area contributed by atoms with Crippen molar-refractivity contribution in [2.75, 3.05) is 7.11 Å². The Labute approximate surface area is 111 Å². The third-order valence-electron chi connectivity index (χ3n) is 5.52. The van der Waals surface area contributed by atoms with Crippen LogP contribution in [0.25, 0.3) is 0 Å². The minimum Gasteiger partial charge on any atom is -0.497 e. The molecule has 1 aromatic rings. The van der Waals surface area contributed by atoms with Crippen molar-refractivity contribution in [3.63, 3.8) is 0 Å². The number of benzene rings is 1. The van der Waals surface area contributed by atoms with Gasteiger partial charge in [0, 0.05) is 0 Å². The average Bonchev–Trinajstić information content (AvgIpc) is 2.38. The molecule has 1 fully saturated rings. The van der Waals surface area contributed by atoms with E-state index in [1.54, 1.807) is 18.2 Å². The van der Waals surface area contributed by atoms with Crippen LogP contribution in [0.5, 0.6) is 5.75 Å². The molecule has 0 bridgehead atoms. The molecule has 18 heavy (non-hydrogen) atoms. The highest BCUT2D eigenvalue weighted by Crippen LogP contribution is 2.52. The first-order chi connectivity index (χ1) is 8.65. The molecule has 0 saturated heterocycles. The molecule has 0 N–H and O–H groups in total. The lowest BCUT2D eigenvalue weighted by Crippen LogP contribution is -2.43. The molecule has 0 heterocycles. The number of hydrogen-bond acceptors (Lipinski definition) is 1. The van der Waals surface area contributed by atoms with Crippen LogP contribution in [0.1, 0.15) is 50.7 Å². The normalized spacial score (nSPS) is 34.6. The quantitative estimate of drug-likeness (QED) is 0.714. The number of aryl methyl sites for hydroxylation is 1. The minimum atomic E-state index is 0.389. The maximum Gasteiger partial charge on any atom is 0.119 e. The molecule has 98 valence electrons. The molecule has 0 radical (unpaired) electrons. The van der Waals surface area contributed by atoms with Gasteiger partial charge in [0.2, 0.25) is 0 Å². The van der Waals surface area contributed by atoms with Gasteiger partial charge in [-0.25, -0.2) is 0 Å². The standard InChI is InChI=1S/C17H24O/c1-12-5-4-10-17(2)15(12)9-7-13-6-8-14(18-3)11-16(13)17/h6,8,11-12,15H,4-5,7,9-10H2,1-3H3/t12-,15+,17+/m1/s1. The van der Waals surface area contributed by atoms with Crippen LogP contribution in [0.4, 0.5) is 0 Å². The smallest absolute Gasteiger partial charge is 0.119 e. The van der Waals surface area contributed by atoms with E-state index in [1.807, 2.05) is 0 Å². The van der Waals surface area contributed by atoms with Crippen LogP contribution in [0, 0.1) is 11.8 Å². The second kappa shape index (κ2) is 4.29. The molecule has 2 aliphatic carbocycles. The lowest BCUT2D eigenvalue weighted by molar-refractivity contribution is 0.117. The first-order valence-electron chi connectivity index (χ1n) is 7.32. The molecule has 1 aromatic carbocycles. The van der Waals surface area contributed by atoms with Crippen molar-refractivity contribution in [3.05, 3.63) is 29.3 Å². The Morgan fingerprint density at radius 2 is 2.11 bits per heavy atom. The fourth-order valence-electron chi connectivity index (χ4n) is 4.49. The van der Waals surface area contributed by atoms with Crippen LogP contribution in [0.2, 0.25) is 0 Å². The molecule has 1 saturated carbocycles. The zero-order valence-corrected chi connectivity index (χ0v) is 11.8. The van der Waals surface area contributed by atoms with Gasteiger partial charge < -0.3 is 4.74 Å². The summed E-state index contributed by atoms with van der Waals surface area (Å²) in [5.41, 5.74) is 3.52. The summed E-state index contributed by atoms with van der Waals surface area (Å²) in [4.78, 5) is 0. The third kappa shape index (κ3) is 1.67. The number of rotatable bonds is 1. The summed E-state index contributed by atoms with van der Waals surface area (Å²) in [5.74, 6) is 2.77. The molecule has 0 aliphatic heterocycles. The average molecular weight is 244 g/mol. The van der Waals surface area contributed by atoms with Gasteiger partial charge in [0.15, 0.2) is 0 Å². The predicted octanol–water partition coefficient (Wildman–Crippen LogP) is 4.34. The van der Waals surface area contributed by atoms with E-state index < -0.39 is 0 Å². The lowest BCUT2D eigenvalue weighted by atomic mass is 9.55. The van der Waals surface area contributed by atoms with Crippen molar-refractivity contribution < 1.29 is 4.74 Å². The highest BCUT2D eigenvalue weighted by atomic mass is 16.5. The number of methoxy groups -OCH3 is 1. The molecular formula is C17H24O. The summed E-state index contributed by atoms with van der Waals surface area (Å²) < 4.78 is 5.43. The van der Waals surface area contributed by atoms with Crippen LogP contribution in [0.3, 0.4) is 0 Å². The largest absolute Gasteiger partial charge is 0.497 e. The number of hydrogen-bond donors (Lipinski definition) is 0. The van der Waals surface area contributed by atoms with Gasteiger partial charge in [0.25, 0.3) is 0 Å². The zero-order chi connectivity index (χ0) is 12.8. The van der Waals surface area contributed by atoms with Crippen LogP contribution in [0.15, 0.2) is 18.2 Å². The molecule has 1 heteroatoms. The van der Waals surface area contributed by atoms with E-state index in [1.165, 1.54) is 32.1 Å². The molecular weight excluding hydrogens is 220 g/mol. The first kappa shape index (κ1) is 12.1. The minimum absolute atomic E-state index is 0.389. The van der Waals surface area contributed by atoms with E-state index in [-0.39, 0.29) is 0 Å². The SMILES string of the molecule is COc1ccc2c(c1)[C@@]1(C)CCC[C@@H](C)[C@@H]1CC2. The first-order valence-corrected chi connectivity index (χ1v) is 7.32. The third-order valence-corrected chi connectivity index (χ3v) is 5.52. The molecule has 0 spiro atoms. The van der Waals surface area contributed by atoms with Crippen molar-refractivity contribution in [2.24, 2.45) is 11.8 Å². The Hall–Kier alpha value is -0.980. The van der Waals surface area contributed by atoms with E-state index in [2.05, 4.69) is 32.0 Å². The molecule has 3 rings (SSSR count). The topological polar surface area (TPSA) is 9.23 Å². The van der Waals surface area contributed by atoms with E-state index in [0.29, 0.717) is 5.41 Å². The Balaban J connectivity index is 2.08. The monoisotopic (exact) mass is 244 g/mol. The van der Waals surface area contributed by atoms with Gasteiger partial charge in [-0.3, -0.25) is 0 Å². The Morgan fingerprint density at radius 3 is 2.89 bits per heavy atom. The molecule has 0 amide bonds. The number of fused-ring (bicyclic) bond motifs is 3. The Bertz CT molecular complexity index is 451. The van der Waals surface area contributed by atoms with Crippen molar-refractivity contribution in [2.45, 2.75) is 51.4 Å². The van der Waals surface area contributed by atoms with Gasteiger partial charge in [-0.1, -0.05) is 32.8 Å². The van der Waals surface area contributed by atoms with Gasteiger partial charge >= 0.3 is 0 Å². The van der Waals surface area contributed by atoms with Gasteiger partial charge in [-0.2, -0.15) is 0 Å². The molecule has 3 atom stereocenters. The van der Waals surface area contributed by atoms with Gasteiger partial charge in [-0.05, 0) is 59.8 Å².